The highest BCUT2D eigenvalue weighted by Gasteiger charge is 2.23. The molecule has 0 fully saturated rings. The first-order chi connectivity index (χ1) is 8.21. The topological polar surface area (TPSA) is 0 Å². The van der Waals surface area contributed by atoms with E-state index in [9.17, 15) is 0 Å². The van der Waals surface area contributed by atoms with Crippen molar-refractivity contribution in [2.45, 2.75) is 40.0 Å². The van der Waals surface area contributed by atoms with E-state index in [-0.39, 0.29) is 0 Å². The highest BCUT2D eigenvalue weighted by atomic mass is 31.2. The minimum absolute atomic E-state index is 0.367. The highest BCUT2D eigenvalue weighted by Crippen LogP contribution is 2.46. The second-order valence-electron chi connectivity index (χ2n) is 7.19. The number of hydrogen-bond donors (Lipinski definition) is 0. The summed E-state index contributed by atoms with van der Waals surface area (Å²) < 4.78 is 0. The van der Waals surface area contributed by atoms with Crippen LogP contribution in [0.15, 0.2) is 35.5 Å². The molecule has 0 saturated heterocycles. The van der Waals surface area contributed by atoms with Gasteiger partial charge in [-0.2, -0.15) is 0 Å². The molecule has 0 saturated carbocycles. The fraction of sp³-hybridized carbons (Fsp3) is 0.647. The maximum Gasteiger partial charge on any atom is 0.0771 e. The van der Waals surface area contributed by atoms with Gasteiger partial charge in [0.05, 0.1) is 6.16 Å². The van der Waals surface area contributed by atoms with E-state index in [2.05, 4.69) is 65.1 Å². The van der Waals surface area contributed by atoms with E-state index in [4.69, 9.17) is 0 Å². The van der Waals surface area contributed by atoms with Crippen molar-refractivity contribution in [3.05, 3.63) is 35.5 Å². The summed E-state index contributed by atoms with van der Waals surface area (Å²) in [4.78, 5) is 0. The van der Waals surface area contributed by atoms with Gasteiger partial charge in [-0.05, 0) is 43.3 Å². The number of rotatable bonds is 4. The lowest BCUT2D eigenvalue weighted by Crippen LogP contribution is -2.16. The molecule has 0 N–H and O–H groups in total. The molecule has 0 unspecified atom stereocenters. The van der Waals surface area contributed by atoms with Crippen molar-refractivity contribution in [2.24, 2.45) is 5.41 Å². The Balaban J connectivity index is 2.66. The Labute approximate surface area is 115 Å². The summed E-state index contributed by atoms with van der Waals surface area (Å²) in [7, 11) is -0.676. The zero-order chi connectivity index (χ0) is 13.8. The Kier molecular flexibility index (Phi) is 5.41. The van der Waals surface area contributed by atoms with Crippen LogP contribution in [0.25, 0.3) is 0 Å². The van der Waals surface area contributed by atoms with E-state index in [1.165, 1.54) is 36.6 Å². The van der Waals surface area contributed by atoms with Crippen LogP contribution < -0.4 is 0 Å². The average molecular weight is 265 g/mol. The lowest BCUT2D eigenvalue weighted by Gasteiger charge is -2.30. The molecule has 0 aliphatic heterocycles. The van der Waals surface area contributed by atoms with Gasteiger partial charge in [0.2, 0.25) is 0 Å². The molecule has 102 valence electrons. The van der Waals surface area contributed by atoms with Crippen LogP contribution in [-0.4, -0.2) is 26.2 Å². The van der Waals surface area contributed by atoms with Gasteiger partial charge in [0, 0.05) is 27.3 Å². The van der Waals surface area contributed by atoms with Crippen molar-refractivity contribution in [3.8, 4) is 0 Å². The average Bonchev–Trinajstić information content (AvgIpc) is 2.23. The Morgan fingerprint density at radius 2 is 2.00 bits per heavy atom. The van der Waals surface area contributed by atoms with Crippen LogP contribution in [0.3, 0.4) is 0 Å². The molecular weight excluding hydrogens is 235 g/mol. The van der Waals surface area contributed by atoms with Gasteiger partial charge in [0.25, 0.3) is 0 Å². The molecule has 0 heterocycles. The van der Waals surface area contributed by atoms with Gasteiger partial charge in [0.15, 0.2) is 0 Å². The van der Waals surface area contributed by atoms with Crippen LogP contribution in [0, 0.1) is 5.41 Å². The van der Waals surface area contributed by atoms with Crippen molar-refractivity contribution in [1.29, 1.82) is 0 Å². The van der Waals surface area contributed by atoms with E-state index in [1.807, 2.05) is 0 Å². The Morgan fingerprint density at radius 3 is 2.56 bits per heavy atom. The summed E-state index contributed by atoms with van der Waals surface area (Å²) in [6.45, 7) is 14.1. The lowest BCUT2D eigenvalue weighted by molar-refractivity contribution is 0.385. The standard InChI is InChI=1S/C17H30P/c1-15(12-14-18(4,5)6)10-11-16-9-7-8-13-17(16,2)3/h9-12H,7-8,13-14H2,1-6H3/q+1/b11-10+,15-12+. The third kappa shape index (κ3) is 5.53. The quantitative estimate of drug-likeness (QED) is 0.463. The smallest absolute Gasteiger partial charge is 0.0771 e. The second-order valence-corrected chi connectivity index (χ2v) is 12.1. The highest BCUT2D eigenvalue weighted by molar-refractivity contribution is 7.73. The largest absolute Gasteiger partial charge is 0.0808 e. The van der Waals surface area contributed by atoms with Crippen molar-refractivity contribution in [1.82, 2.24) is 0 Å². The molecule has 0 aromatic heterocycles. The van der Waals surface area contributed by atoms with Gasteiger partial charge in [-0.15, -0.1) is 0 Å². The van der Waals surface area contributed by atoms with E-state index in [1.54, 1.807) is 0 Å². The zero-order valence-electron chi connectivity index (χ0n) is 13.1. The third-order valence-electron chi connectivity index (χ3n) is 3.64. The maximum atomic E-state index is 2.42. The van der Waals surface area contributed by atoms with E-state index >= 15 is 0 Å². The molecule has 0 aromatic rings. The SMILES string of the molecule is CC(/C=C/C1=CCCCC1(C)C)=C\C[P+](C)(C)C. The van der Waals surface area contributed by atoms with Gasteiger partial charge in [-0.25, -0.2) is 0 Å². The molecule has 1 heteroatoms. The number of allylic oxidation sites excluding steroid dienone is 6. The second kappa shape index (κ2) is 6.20. The minimum atomic E-state index is -0.676. The predicted molar refractivity (Wildman–Crippen MR) is 88.2 cm³/mol. The molecule has 0 spiro atoms. The van der Waals surface area contributed by atoms with Gasteiger partial charge in [0.1, 0.15) is 0 Å². The molecule has 1 aliphatic rings. The van der Waals surface area contributed by atoms with Gasteiger partial charge in [-0.3, -0.25) is 0 Å². The molecule has 0 nitrogen and oxygen atoms in total. The van der Waals surface area contributed by atoms with Crippen LogP contribution in [0.5, 0.6) is 0 Å². The van der Waals surface area contributed by atoms with Crippen molar-refractivity contribution >= 4 is 7.26 Å². The van der Waals surface area contributed by atoms with Crippen LogP contribution in [0.2, 0.25) is 0 Å². The molecule has 0 atom stereocenters. The van der Waals surface area contributed by atoms with Crippen LogP contribution in [-0.2, 0) is 0 Å². The molecule has 1 aliphatic carbocycles. The summed E-state index contributed by atoms with van der Waals surface area (Å²) in [5, 5.41) is 0. The summed E-state index contributed by atoms with van der Waals surface area (Å²) in [5.41, 5.74) is 3.30. The predicted octanol–water partition coefficient (Wildman–Crippen LogP) is 5.53. The first-order valence-corrected chi connectivity index (χ1v) is 10.4. The molecule has 0 aromatic carbocycles. The molecule has 18 heavy (non-hydrogen) atoms. The summed E-state index contributed by atoms with van der Waals surface area (Å²) in [6, 6.07) is 0. The molecule has 0 bridgehead atoms. The number of hydrogen-bond acceptors (Lipinski definition) is 0. The summed E-state index contributed by atoms with van der Waals surface area (Å²) in [6.07, 6.45) is 14.6. The lowest BCUT2D eigenvalue weighted by atomic mass is 9.75. The van der Waals surface area contributed by atoms with Crippen molar-refractivity contribution in [3.63, 3.8) is 0 Å². The fourth-order valence-corrected chi connectivity index (χ4v) is 3.06. The van der Waals surface area contributed by atoms with E-state index in [0.717, 1.165) is 0 Å². The monoisotopic (exact) mass is 265 g/mol. The van der Waals surface area contributed by atoms with E-state index in [0.29, 0.717) is 5.41 Å². The Hall–Kier alpha value is -0.350. The molecule has 0 amide bonds. The van der Waals surface area contributed by atoms with Crippen molar-refractivity contribution in [2.75, 3.05) is 26.2 Å². The van der Waals surface area contributed by atoms with Crippen molar-refractivity contribution < 1.29 is 0 Å². The van der Waals surface area contributed by atoms with Gasteiger partial charge >= 0.3 is 0 Å². The summed E-state index contributed by atoms with van der Waals surface area (Å²) in [5.74, 6) is 0. The van der Waals surface area contributed by atoms with Gasteiger partial charge in [-0.1, -0.05) is 37.6 Å². The first-order valence-electron chi connectivity index (χ1n) is 7.07. The maximum absolute atomic E-state index is 2.42. The Morgan fingerprint density at radius 1 is 1.33 bits per heavy atom. The summed E-state index contributed by atoms with van der Waals surface area (Å²) >= 11 is 0. The fourth-order valence-electron chi connectivity index (χ4n) is 2.22. The van der Waals surface area contributed by atoms with Crippen LogP contribution in [0.1, 0.15) is 40.0 Å². The Bertz CT molecular complexity index is 362. The molecule has 1 rings (SSSR count). The first kappa shape index (κ1) is 15.7. The van der Waals surface area contributed by atoms with E-state index < -0.39 is 7.26 Å². The zero-order valence-corrected chi connectivity index (χ0v) is 14.0. The third-order valence-corrected chi connectivity index (χ3v) is 4.92. The minimum Gasteiger partial charge on any atom is -0.0808 e. The molecular formula is C17H30P+. The molecule has 0 radical (unpaired) electrons. The van der Waals surface area contributed by atoms with Gasteiger partial charge < -0.3 is 0 Å². The van der Waals surface area contributed by atoms with Crippen LogP contribution in [0.4, 0.5) is 0 Å². The van der Waals surface area contributed by atoms with Crippen LogP contribution >= 0.6 is 7.26 Å². The normalized spacial score (nSPS) is 21.2.